The van der Waals surface area contributed by atoms with Crippen LogP contribution in [0, 0.1) is 81.2 Å². The third kappa shape index (κ3) is 1.42. The van der Waals surface area contributed by atoms with E-state index in [4.69, 9.17) is 0 Å². The monoisotopic (exact) mass is 511 g/mol. The van der Waals surface area contributed by atoms with Gasteiger partial charge in [-0.2, -0.15) is 0 Å². The highest BCUT2D eigenvalue weighted by molar-refractivity contribution is 5.55. The molecule has 0 aromatic rings. The van der Waals surface area contributed by atoms with Gasteiger partial charge in [0.1, 0.15) is 0 Å². The van der Waals surface area contributed by atoms with E-state index >= 15 is 0 Å². The number of fused-ring (bicyclic) bond motifs is 12. The molecule has 0 aromatic carbocycles. The molecule has 0 N–H and O–H groups in total. The zero-order valence-electron chi connectivity index (χ0n) is 29.5. The van der Waals surface area contributed by atoms with E-state index in [0.717, 1.165) is 0 Å². The lowest BCUT2D eigenvalue weighted by Crippen LogP contribution is -2.76. The van der Waals surface area contributed by atoms with Crippen LogP contribution in [-0.4, -0.2) is 0 Å². The summed E-state index contributed by atoms with van der Waals surface area (Å²) in [6.07, 6.45) is 0. The van der Waals surface area contributed by atoms with Crippen LogP contribution in [-0.2, 0) is 0 Å². The highest BCUT2D eigenvalue weighted by Crippen LogP contribution is 3.12. The number of hydrogen-bond acceptors (Lipinski definition) is 0. The highest BCUT2D eigenvalue weighted by Gasteiger charge is 3.08. The molecule has 0 heterocycles. The van der Waals surface area contributed by atoms with Crippen molar-refractivity contribution < 1.29 is 0 Å². The van der Waals surface area contributed by atoms with Gasteiger partial charge in [-0.25, -0.2) is 0 Å². The van der Waals surface area contributed by atoms with Crippen molar-refractivity contribution in [3.63, 3.8) is 0 Å². The molecule has 8 unspecified atom stereocenters. The molecular weight excluding hydrogens is 444 g/mol. The molecule has 0 saturated heterocycles. The van der Waals surface area contributed by atoms with Crippen LogP contribution in [0.25, 0.3) is 0 Å². The Morgan fingerprint density at radius 1 is 0.135 bits per heavy atom. The minimum absolute atomic E-state index is 0.136. The Bertz CT molecular complexity index is 1060. The number of hydrogen-bond donors (Lipinski definition) is 0. The average molecular weight is 511 g/mol. The van der Waals surface area contributed by atoms with Gasteiger partial charge >= 0.3 is 0 Å². The predicted molar refractivity (Wildman–Crippen MR) is 161 cm³/mol. The van der Waals surface area contributed by atoms with Gasteiger partial charge in [-0.1, -0.05) is 152 Å². The Morgan fingerprint density at radius 2 is 0.297 bits per heavy atom. The van der Waals surface area contributed by atoms with Crippen LogP contribution >= 0.6 is 0 Å². The summed E-state index contributed by atoms with van der Waals surface area (Å²) >= 11 is 0. The van der Waals surface area contributed by atoms with Crippen LogP contribution in [0.5, 0.6) is 0 Å². The van der Waals surface area contributed by atoms with Crippen LogP contribution in [0.1, 0.15) is 152 Å². The van der Waals surface area contributed by atoms with E-state index in [1.165, 1.54) is 0 Å². The molecule has 0 nitrogen and oxygen atoms in total. The molecule has 0 amide bonds. The molecule has 5 saturated carbocycles. The normalized spacial score (nSPS) is 61.5. The molecule has 8 atom stereocenters. The summed E-state index contributed by atoms with van der Waals surface area (Å²) < 4.78 is 0. The third-order valence-electron chi connectivity index (χ3n) is 22.7. The largest absolute Gasteiger partial charge is 0.0588 e. The van der Waals surface area contributed by atoms with Crippen molar-refractivity contribution >= 4 is 0 Å². The van der Waals surface area contributed by atoms with Gasteiger partial charge < -0.3 is 0 Å². The second-order valence-electron chi connectivity index (χ2n) is 20.4. The molecule has 0 aliphatic heterocycles. The van der Waals surface area contributed by atoms with Crippen molar-refractivity contribution in [3.05, 3.63) is 0 Å². The van der Waals surface area contributed by atoms with Gasteiger partial charge in [0.15, 0.2) is 0 Å². The van der Waals surface area contributed by atoms with E-state index in [1.807, 2.05) is 0 Å². The lowest BCUT2D eigenvalue weighted by atomic mass is 9.23. The van der Waals surface area contributed by atoms with Gasteiger partial charge in [0.25, 0.3) is 0 Å². The fourth-order valence-corrected chi connectivity index (χ4v) is 18.3. The van der Waals surface area contributed by atoms with Gasteiger partial charge in [-0.3, -0.25) is 0 Å². The maximum atomic E-state index is 2.85. The molecule has 37 heavy (non-hydrogen) atoms. The Hall–Kier alpha value is 0. The summed E-state index contributed by atoms with van der Waals surface area (Å²) in [5, 5.41) is 0. The van der Waals surface area contributed by atoms with E-state index in [1.54, 1.807) is 0 Å². The van der Waals surface area contributed by atoms with Gasteiger partial charge in [-0.05, 0) is 81.2 Å². The van der Waals surface area contributed by atoms with E-state index in [0.29, 0.717) is 0 Å². The van der Waals surface area contributed by atoms with Crippen molar-refractivity contribution in [2.45, 2.75) is 152 Å². The summed E-state index contributed by atoms with van der Waals surface area (Å²) in [6.45, 7) is 60.2. The second kappa shape index (κ2) is 5.44. The molecule has 214 valence electrons. The van der Waals surface area contributed by atoms with Crippen LogP contribution in [0.4, 0.5) is 0 Å². The summed E-state index contributed by atoms with van der Waals surface area (Å²) in [7, 11) is 0. The summed E-state index contributed by atoms with van der Waals surface area (Å²) in [6, 6.07) is 0. The van der Waals surface area contributed by atoms with E-state index in [-0.39, 0.29) is 81.2 Å². The lowest BCUT2D eigenvalue weighted by Gasteiger charge is -2.80. The van der Waals surface area contributed by atoms with Crippen LogP contribution in [0.2, 0.25) is 0 Å². The van der Waals surface area contributed by atoms with Crippen molar-refractivity contribution in [1.29, 1.82) is 0 Å². The fourth-order valence-electron chi connectivity index (χ4n) is 18.3. The van der Waals surface area contributed by atoms with Crippen molar-refractivity contribution in [3.8, 4) is 0 Å². The zero-order valence-corrected chi connectivity index (χ0v) is 29.5. The van der Waals surface area contributed by atoms with Crippen LogP contribution in [0.3, 0.4) is 0 Å². The quantitative estimate of drug-likeness (QED) is 0.284. The minimum Gasteiger partial charge on any atom is -0.0588 e. The minimum atomic E-state index is 0.136. The SMILES string of the molecule is CC1(C)C(C)(C)C2(C)C(C)(C1(C)C)C1(C)C(C)(C)C2(C)C2(C)C3(C)C(C)(C)C(C)(C)C(C)(C3(C)C)C12C. The third-order valence-corrected chi connectivity index (χ3v) is 22.7. The second-order valence-corrected chi connectivity index (χ2v) is 20.4. The lowest BCUT2D eigenvalue weighted by molar-refractivity contribution is -0.335. The molecule has 5 aliphatic rings. The van der Waals surface area contributed by atoms with Crippen LogP contribution in [0.15, 0.2) is 0 Å². The fraction of sp³-hybridized carbons (Fsp3) is 1.00. The Labute approximate surface area is 233 Å². The highest BCUT2D eigenvalue weighted by atomic mass is 15.1. The molecule has 4 bridgehead atoms. The summed E-state index contributed by atoms with van der Waals surface area (Å²) in [5.41, 5.74) is 2.57. The van der Waals surface area contributed by atoms with Crippen molar-refractivity contribution in [2.24, 2.45) is 81.2 Å². The van der Waals surface area contributed by atoms with Gasteiger partial charge in [0.2, 0.25) is 0 Å². The first kappa shape index (κ1) is 28.5. The molecule has 0 radical (unpaired) electrons. The van der Waals surface area contributed by atoms with Crippen molar-refractivity contribution in [2.75, 3.05) is 0 Å². The molecule has 5 fully saturated rings. The predicted octanol–water partition coefficient (Wildman–Crippen LogP) is 11.3. The maximum absolute atomic E-state index is 2.85. The first-order valence-corrected chi connectivity index (χ1v) is 15.8. The first-order chi connectivity index (χ1) is 15.8. The smallest absolute Gasteiger partial charge is 0.0131 e. The average Bonchev–Trinajstić information content (AvgIpc) is 3.00. The zero-order chi connectivity index (χ0) is 29.5. The molecule has 0 aromatic heterocycles. The molecule has 0 spiro atoms. The molecule has 5 rings (SSSR count). The molecule has 0 heteroatoms. The maximum Gasteiger partial charge on any atom is -0.0131 e. The molecular formula is C37H66. The topological polar surface area (TPSA) is 0 Å². The van der Waals surface area contributed by atoms with Gasteiger partial charge in [-0.15, -0.1) is 0 Å². The summed E-state index contributed by atoms with van der Waals surface area (Å²) in [5.74, 6) is 0. The van der Waals surface area contributed by atoms with E-state index in [9.17, 15) is 0 Å². The Balaban J connectivity index is 2.14. The van der Waals surface area contributed by atoms with Gasteiger partial charge in [0, 0.05) is 0 Å². The van der Waals surface area contributed by atoms with Gasteiger partial charge in [0.05, 0.1) is 0 Å². The van der Waals surface area contributed by atoms with E-state index < -0.39 is 0 Å². The first-order valence-electron chi connectivity index (χ1n) is 15.8. The van der Waals surface area contributed by atoms with Crippen LogP contribution < -0.4 is 0 Å². The van der Waals surface area contributed by atoms with Crippen molar-refractivity contribution in [1.82, 2.24) is 0 Å². The molecule has 5 aliphatic carbocycles. The van der Waals surface area contributed by atoms with E-state index in [2.05, 4.69) is 152 Å². The Morgan fingerprint density at radius 3 is 0.541 bits per heavy atom. The Kier molecular flexibility index (Phi) is 4.20. The number of rotatable bonds is 0. The summed E-state index contributed by atoms with van der Waals surface area (Å²) in [4.78, 5) is 0. The standard InChI is InChI=1S/C37H66/c1-23(2)24(3,4)32(17)33(18,25(23,5)6)35(20)29(13,14)34(32,19)36(21)30(15)26(7,8)27(9,10)31(16,28(30,11)12)37(35,36)22/h1-22H3.